The standard InChI is InChI=1S/C7H9NS.C2H6/c1-5-3-6(2)8-4-7(5)9;1-2/h3-4,9H,1-2H3;1-2H3. The zero-order valence-electron chi connectivity index (χ0n) is 7.55. The van der Waals surface area contributed by atoms with Crippen LogP contribution in [0.1, 0.15) is 25.1 Å². The van der Waals surface area contributed by atoms with Gasteiger partial charge in [0.15, 0.2) is 0 Å². The minimum absolute atomic E-state index is 0.959. The van der Waals surface area contributed by atoms with Gasteiger partial charge in [-0.05, 0) is 25.5 Å². The summed E-state index contributed by atoms with van der Waals surface area (Å²) < 4.78 is 0. The molecule has 0 saturated heterocycles. The van der Waals surface area contributed by atoms with Crippen LogP contribution in [0.5, 0.6) is 0 Å². The lowest BCUT2D eigenvalue weighted by molar-refractivity contribution is 1.11. The summed E-state index contributed by atoms with van der Waals surface area (Å²) in [6.07, 6.45) is 1.77. The van der Waals surface area contributed by atoms with Crippen molar-refractivity contribution in [1.82, 2.24) is 4.98 Å². The molecule has 0 aliphatic carbocycles. The van der Waals surface area contributed by atoms with Crippen LogP contribution in [0.4, 0.5) is 0 Å². The van der Waals surface area contributed by atoms with Crippen LogP contribution in [0.25, 0.3) is 0 Å². The maximum atomic E-state index is 4.18. The summed E-state index contributed by atoms with van der Waals surface area (Å²) in [6, 6.07) is 2.02. The average Bonchev–Trinajstić information content (AvgIpc) is 2.02. The van der Waals surface area contributed by atoms with Crippen molar-refractivity contribution in [3.05, 3.63) is 23.5 Å². The van der Waals surface area contributed by atoms with Gasteiger partial charge in [0.1, 0.15) is 0 Å². The van der Waals surface area contributed by atoms with Gasteiger partial charge < -0.3 is 0 Å². The first-order valence-electron chi connectivity index (χ1n) is 3.82. The second-order valence-corrected chi connectivity index (χ2v) is 2.59. The molecule has 0 spiro atoms. The van der Waals surface area contributed by atoms with Crippen molar-refractivity contribution in [2.75, 3.05) is 0 Å². The summed E-state index contributed by atoms with van der Waals surface area (Å²) in [5.41, 5.74) is 2.23. The third-order valence-electron chi connectivity index (χ3n) is 1.22. The fourth-order valence-corrected chi connectivity index (χ4v) is 0.812. The van der Waals surface area contributed by atoms with Crippen molar-refractivity contribution < 1.29 is 0 Å². The molecule has 0 N–H and O–H groups in total. The van der Waals surface area contributed by atoms with Gasteiger partial charge in [0.2, 0.25) is 0 Å². The Kier molecular flexibility index (Phi) is 4.95. The number of aromatic nitrogens is 1. The fourth-order valence-electron chi connectivity index (χ4n) is 0.689. The second-order valence-electron chi connectivity index (χ2n) is 2.11. The molecule has 0 aliphatic heterocycles. The van der Waals surface area contributed by atoms with E-state index in [1.165, 1.54) is 5.56 Å². The Balaban J connectivity index is 0.000000461. The molecule has 2 heteroatoms. The first kappa shape index (κ1) is 10.5. The quantitative estimate of drug-likeness (QED) is 0.589. The topological polar surface area (TPSA) is 12.9 Å². The van der Waals surface area contributed by atoms with Gasteiger partial charge in [0.25, 0.3) is 0 Å². The lowest BCUT2D eigenvalue weighted by Gasteiger charge is -1.96. The van der Waals surface area contributed by atoms with Crippen LogP contribution in [0.2, 0.25) is 0 Å². The second kappa shape index (κ2) is 5.19. The molecule has 62 valence electrons. The smallest absolute Gasteiger partial charge is 0.0407 e. The molecule has 0 radical (unpaired) electrons. The molecule has 1 nitrogen and oxygen atoms in total. The molecule has 1 heterocycles. The number of aryl methyl sites for hydroxylation is 2. The Labute approximate surface area is 74.3 Å². The van der Waals surface area contributed by atoms with E-state index in [1.54, 1.807) is 6.20 Å². The van der Waals surface area contributed by atoms with E-state index < -0.39 is 0 Å². The molecule has 1 rings (SSSR count). The Bertz CT molecular complexity index is 221. The molecule has 1 aromatic rings. The van der Waals surface area contributed by atoms with Gasteiger partial charge in [-0.2, -0.15) is 0 Å². The first-order valence-corrected chi connectivity index (χ1v) is 4.27. The van der Waals surface area contributed by atoms with Crippen molar-refractivity contribution in [3.8, 4) is 0 Å². The van der Waals surface area contributed by atoms with Crippen molar-refractivity contribution in [2.24, 2.45) is 0 Å². The highest BCUT2D eigenvalue weighted by Gasteiger charge is 1.91. The maximum absolute atomic E-state index is 4.18. The van der Waals surface area contributed by atoms with E-state index in [1.807, 2.05) is 33.8 Å². The van der Waals surface area contributed by atoms with Crippen LogP contribution < -0.4 is 0 Å². The van der Waals surface area contributed by atoms with Crippen LogP contribution >= 0.6 is 12.6 Å². The predicted molar refractivity (Wildman–Crippen MR) is 52.3 cm³/mol. The Hall–Kier alpha value is -0.500. The third-order valence-corrected chi connectivity index (χ3v) is 1.69. The highest BCUT2D eigenvalue weighted by atomic mass is 32.1. The van der Waals surface area contributed by atoms with Gasteiger partial charge in [0.05, 0.1) is 0 Å². The Morgan fingerprint density at radius 3 is 2.18 bits per heavy atom. The first-order chi connectivity index (χ1) is 5.20. The van der Waals surface area contributed by atoms with Gasteiger partial charge >= 0.3 is 0 Å². The molecule has 1 aromatic heterocycles. The lowest BCUT2D eigenvalue weighted by atomic mass is 10.2. The van der Waals surface area contributed by atoms with Gasteiger partial charge in [-0.25, -0.2) is 0 Å². The van der Waals surface area contributed by atoms with E-state index >= 15 is 0 Å². The Morgan fingerprint density at radius 1 is 1.27 bits per heavy atom. The van der Waals surface area contributed by atoms with Crippen LogP contribution in [0, 0.1) is 13.8 Å². The van der Waals surface area contributed by atoms with Gasteiger partial charge in [-0.3, -0.25) is 4.98 Å². The van der Waals surface area contributed by atoms with Crippen LogP contribution in [0.3, 0.4) is 0 Å². The molecule has 0 unspecified atom stereocenters. The number of nitrogens with zero attached hydrogens (tertiary/aromatic N) is 1. The summed E-state index contributed by atoms with van der Waals surface area (Å²) in [4.78, 5) is 5.02. The average molecular weight is 169 g/mol. The molecule has 0 aliphatic rings. The van der Waals surface area contributed by atoms with Crippen LogP contribution in [-0.4, -0.2) is 4.98 Å². The van der Waals surface area contributed by atoms with E-state index in [9.17, 15) is 0 Å². The fraction of sp³-hybridized carbons (Fsp3) is 0.444. The molecular formula is C9H15NS. The third kappa shape index (κ3) is 3.42. The van der Waals surface area contributed by atoms with Crippen LogP contribution in [0.15, 0.2) is 17.2 Å². The van der Waals surface area contributed by atoms with E-state index in [0.29, 0.717) is 0 Å². The van der Waals surface area contributed by atoms with E-state index in [0.717, 1.165) is 10.6 Å². The van der Waals surface area contributed by atoms with Crippen LogP contribution in [-0.2, 0) is 0 Å². The van der Waals surface area contributed by atoms with Gasteiger partial charge in [0, 0.05) is 16.8 Å². The summed E-state index contributed by atoms with van der Waals surface area (Å²) in [5, 5.41) is 0. The SMILES string of the molecule is CC.Cc1cc(C)c(S)cn1. The number of thiol groups is 1. The zero-order valence-corrected chi connectivity index (χ0v) is 8.44. The molecule has 0 bridgehead atoms. The highest BCUT2D eigenvalue weighted by molar-refractivity contribution is 7.80. The lowest BCUT2D eigenvalue weighted by Crippen LogP contribution is -1.82. The van der Waals surface area contributed by atoms with E-state index in [4.69, 9.17) is 0 Å². The maximum Gasteiger partial charge on any atom is 0.0407 e. The molecule has 0 atom stereocenters. The van der Waals surface area contributed by atoms with Crippen molar-refractivity contribution in [3.63, 3.8) is 0 Å². The van der Waals surface area contributed by atoms with Gasteiger partial charge in [-0.1, -0.05) is 13.8 Å². The Morgan fingerprint density at radius 2 is 1.82 bits per heavy atom. The highest BCUT2D eigenvalue weighted by Crippen LogP contribution is 2.10. The minimum Gasteiger partial charge on any atom is -0.260 e. The number of rotatable bonds is 0. The molecule has 0 saturated carbocycles. The molecule has 0 amide bonds. The summed E-state index contributed by atoms with van der Waals surface area (Å²) in [7, 11) is 0. The normalized spacial score (nSPS) is 8.45. The summed E-state index contributed by atoms with van der Waals surface area (Å²) >= 11 is 4.18. The number of hydrogen-bond donors (Lipinski definition) is 1. The molecule has 11 heavy (non-hydrogen) atoms. The molecular weight excluding hydrogens is 154 g/mol. The van der Waals surface area contributed by atoms with E-state index in [2.05, 4.69) is 17.6 Å². The molecule has 0 fully saturated rings. The largest absolute Gasteiger partial charge is 0.260 e. The van der Waals surface area contributed by atoms with Crippen molar-refractivity contribution in [1.29, 1.82) is 0 Å². The minimum atomic E-state index is 0.959. The number of hydrogen-bond acceptors (Lipinski definition) is 2. The van der Waals surface area contributed by atoms with Gasteiger partial charge in [-0.15, -0.1) is 12.6 Å². The molecule has 0 aromatic carbocycles. The number of pyridine rings is 1. The summed E-state index contributed by atoms with van der Waals surface area (Å²) in [6.45, 7) is 8.00. The monoisotopic (exact) mass is 169 g/mol. The van der Waals surface area contributed by atoms with Crippen molar-refractivity contribution in [2.45, 2.75) is 32.6 Å². The van der Waals surface area contributed by atoms with Crippen molar-refractivity contribution >= 4 is 12.6 Å². The predicted octanol–water partition coefficient (Wildman–Crippen LogP) is 3.01. The summed E-state index contributed by atoms with van der Waals surface area (Å²) in [5.74, 6) is 0. The zero-order chi connectivity index (χ0) is 8.85. The van der Waals surface area contributed by atoms with E-state index in [-0.39, 0.29) is 0 Å².